The molecule has 1 atom stereocenters. The van der Waals surface area contributed by atoms with E-state index in [1.54, 1.807) is 24.4 Å². The Balaban J connectivity index is 1.94. The summed E-state index contributed by atoms with van der Waals surface area (Å²) in [5.74, 6) is 0.580. The molecule has 1 amide bonds. The molecular formula is C14H19N3O2. The monoisotopic (exact) mass is 261 g/mol. The Bertz CT molecular complexity index is 455. The van der Waals surface area contributed by atoms with Gasteiger partial charge in [0.05, 0.1) is 6.54 Å². The molecule has 1 aromatic heterocycles. The van der Waals surface area contributed by atoms with Gasteiger partial charge in [0.2, 0.25) is 11.8 Å². The van der Waals surface area contributed by atoms with E-state index in [0.29, 0.717) is 12.4 Å². The molecular weight excluding hydrogens is 242 g/mol. The summed E-state index contributed by atoms with van der Waals surface area (Å²) < 4.78 is 5.75. The maximum Gasteiger partial charge on any atom is 0.246 e. The van der Waals surface area contributed by atoms with E-state index in [1.807, 2.05) is 18.7 Å². The average Bonchev–Trinajstić information content (AvgIpc) is 2.39. The summed E-state index contributed by atoms with van der Waals surface area (Å²) in [6.07, 6.45) is 5.17. The molecule has 0 radical (unpaired) electrons. The number of ether oxygens (including phenoxy) is 1. The molecule has 5 nitrogen and oxygen atoms in total. The van der Waals surface area contributed by atoms with Crippen LogP contribution < -0.4 is 4.74 Å². The number of aromatic nitrogens is 2. The molecule has 0 aromatic carbocycles. The van der Waals surface area contributed by atoms with E-state index < -0.39 is 0 Å². The van der Waals surface area contributed by atoms with Gasteiger partial charge in [-0.25, -0.2) is 0 Å². The lowest BCUT2D eigenvalue weighted by molar-refractivity contribution is -0.128. The van der Waals surface area contributed by atoms with Crippen molar-refractivity contribution < 1.29 is 9.53 Å². The molecule has 0 spiro atoms. The molecule has 19 heavy (non-hydrogen) atoms. The highest BCUT2D eigenvalue weighted by atomic mass is 16.5. The molecule has 1 aromatic rings. The lowest BCUT2D eigenvalue weighted by atomic mass is 10.1. The SMILES string of the molecule is CC(C)=CC(=O)N1CCCC(Oc2cccnn2)C1. The van der Waals surface area contributed by atoms with Crippen LogP contribution in [-0.2, 0) is 4.79 Å². The van der Waals surface area contributed by atoms with Crippen molar-refractivity contribution in [2.75, 3.05) is 13.1 Å². The number of amides is 1. The first kappa shape index (κ1) is 13.5. The number of hydrogen-bond donors (Lipinski definition) is 0. The molecule has 5 heteroatoms. The second-order valence-corrected chi connectivity index (χ2v) is 4.95. The van der Waals surface area contributed by atoms with Gasteiger partial charge >= 0.3 is 0 Å². The fourth-order valence-corrected chi connectivity index (χ4v) is 2.09. The molecule has 0 N–H and O–H groups in total. The van der Waals surface area contributed by atoms with Gasteiger partial charge in [-0.05, 0) is 32.8 Å². The minimum absolute atomic E-state index is 0.0000350. The second kappa shape index (κ2) is 6.31. The average molecular weight is 261 g/mol. The van der Waals surface area contributed by atoms with Gasteiger partial charge in [-0.15, -0.1) is 5.10 Å². The smallest absolute Gasteiger partial charge is 0.246 e. The van der Waals surface area contributed by atoms with Crippen LogP contribution in [0.5, 0.6) is 5.88 Å². The summed E-state index contributed by atoms with van der Waals surface area (Å²) in [4.78, 5) is 13.8. The number of carbonyl (C=O) groups is 1. The zero-order valence-corrected chi connectivity index (χ0v) is 11.4. The predicted molar refractivity (Wildman–Crippen MR) is 71.7 cm³/mol. The topological polar surface area (TPSA) is 55.3 Å². The fourth-order valence-electron chi connectivity index (χ4n) is 2.09. The maximum absolute atomic E-state index is 12.0. The third kappa shape index (κ3) is 4.05. The fraction of sp³-hybridized carbons (Fsp3) is 0.500. The Morgan fingerprint density at radius 3 is 3.05 bits per heavy atom. The first-order valence-corrected chi connectivity index (χ1v) is 6.53. The quantitative estimate of drug-likeness (QED) is 0.779. The van der Waals surface area contributed by atoms with Gasteiger partial charge < -0.3 is 9.64 Å². The highest BCUT2D eigenvalue weighted by molar-refractivity contribution is 5.88. The van der Waals surface area contributed by atoms with Crippen LogP contribution in [0.15, 0.2) is 30.0 Å². The van der Waals surface area contributed by atoms with E-state index >= 15 is 0 Å². The van der Waals surface area contributed by atoms with E-state index in [4.69, 9.17) is 4.74 Å². The van der Waals surface area contributed by atoms with Crippen molar-refractivity contribution in [1.82, 2.24) is 15.1 Å². The Labute approximate surface area is 113 Å². The third-order valence-corrected chi connectivity index (χ3v) is 2.94. The first-order valence-electron chi connectivity index (χ1n) is 6.53. The van der Waals surface area contributed by atoms with Crippen LogP contribution in [0.4, 0.5) is 0 Å². The second-order valence-electron chi connectivity index (χ2n) is 4.95. The zero-order valence-electron chi connectivity index (χ0n) is 11.4. The Kier molecular flexibility index (Phi) is 4.49. The van der Waals surface area contributed by atoms with E-state index in [9.17, 15) is 4.79 Å². The van der Waals surface area contributed by atoms with E-state index in [-0.39, 0.29) is 12.0 Å². The zero-order chi connectivity index (χ0) is 13.7. The minimum Gasteiger partial charge on any atom is -0.471 e. The molecule has 2 heterocycles. The van der Waals surface area contributed by atoms with Gasteiger partial charge in [-0.3, -0.25) is 4.79 Å². The maximum atomic E-state index is 12.0. The number of piperidine rings is 1. The van der Waals surface area contributed by atoms with E-state index in [0.717, 1.165) is 25.0 Å². The minimum atomic E-state index is -0.0000350. The van der Waals surface area contributed by atoms with Crippen LogP contribution in [0.25, 0.3) is 0 Å². The largest absolute Gasteiger partial charge is 0.471 e. The van der Waals surface area contributed by atoms with Gasteiger partial charge in [0, 0.05) is 24.9 Å². The lowest BCUT2D eigenvalue weighted by Gasteiger charge is -2.32. The normalized spacial score (nSPS) is 18.8. The Hall–Kier alpha value is -1.91. The summed E-state index contributed by atoms with van der Waals surface area (Å²) in [7, 11) is 0. The molecule has 102 valence electrons. The van der Waals surface area contributed by atoms with Crippen LogP contribution in [0, 0.1) is 0 Å². The molecule has 0 saturated carbocycles. The number of carbonyl (C=O) groups excluding carboxylic acids is 1. The molecule has 0 aliphatic carbocycles. The molecule has 1 fully saturated rings. The molecule has 1 aliphatic heterocycles. The van der Waals surface area contributed by atoms with Crippen molar-refractivity contribution in [3.05, 3.63) is 30.0 Å². The Morgan fingerprint density at radius 2 is 2.37 bits per heavy atom. The van der Waals surface area contributed by atoms with Gasteiger partial charge in [0.1, 0.15) is 6.10 Å². The standard InChI is InChI=1S/C14H19N3O2/c1-11(2)9-14(18)17-8-4-5-12(10-17)19-13-6-3-7-15-16-13/h3,6-7,9,12H,4-5,8,10H2,1-2H3. The highest BCUT2D eigenvalue weighted by Gasteiger charge is 2.24. The van der Waals surface area contributed by atoms with Crippen molar-refractivity contribution in [2.45, 2.75) is 32.8 Å². The lowest BCUT2D eigenvalue weighted by Crippen LogP contribution is -2.43. The van der Waals surface area contributed by atoms with Gasteiger partial charge in [-0.1, -0.05) is 5.57 Å². The molecule has 0 bridgehead atoms. The number of likely N-dealkylation sites (tertiary alicyclic amines) is 1. The van der Waals surface area contributed by atoms with Crippen molar-refractivity contribution in [2.24, 2.45) is 0 Å². The van der Waals surface area contributed by atoms with Crippen LogP contribution in [-0.4, -0.2) is 40.2 Å². The van der Waals surface area contributed by atoms with Crippen molar-refractivity contribution in [1.29, 1.82) is 0 Å². The number of allylic oxidation sites excluding steroid dienone is 1. The van der Waals surface area contributed by atoms with Gasteiger partial charge in [-0.2, -0.15) is 5.10 Å². The van der Waals surface area contributed by atoms with Crippen molar-refractivity contribution >= 4 is 5.91 Å². The van der Waals surface area contributed by atoms with Crippen molar-refractivity contribution in [3.8, 4) is 5.88 Å². The van der Waals surface area contributed by atoms with E-state index in [2.05, 4.69) is 10.2 Å². The number of hydrogen-bond acceptors (Lipinski definition) is 4. The summed E-state index contributed by atoms with van der Waals surface area (Å²) in [5.41, 5.74) is 1.02. The molecule has 2 rings (SSSR count). The summed E-state index contributed by atoms with van der Waals surface area (Å²) in [5, 5.41) is 7.68. The van der Waals surface area contributed by atoms with Crippen LogP contribution in [0.1, 0.15) is 26.7 Å². The van der Waals surface area contributed by atoms with Crippen LogP contribution >= 0.6 is 0 Å². The van der Waals surface area contributed by atoms with E-state index in [1.165, 1.54) is 0 Å². The van der Waals surface area contributed by atoms with Crippen molar-refractivity contribution in [3.63, 3.8) is 0 Å². The molecule has 1 unspecified atom stereocenters. The molecule has 1 aliphatic rings. The predicted octanol–water partition coefficient (Wildman–Crippen LogP) is 1.81. The summed E-state index contributed by atoms with van der Waals surface area (Å²) >= 11 is 0. The summed E-state index contributed by atoms with van der Waals surface area (Å²) in [6, 6.07) is 3.57. The summed E-state index contributed by atoms with van der Waals surface area (Å²) in [6.45, 7) is 5.26. The van der Waals surface area contributed by atoms with Crippen LogP contribution in [0.2, 0.25) is 0 Å². The third-order valence-electron chi connectivity index (χ3n) is 2.94. The molecule has 1 saturated heterocycles. The highest BCUT2D eigenvalue weighted by Crippen LogP contribution is 2.16. The van der Waals surface area contributed by atoms with Crippen LogP contribution in [0.3, 0.4) is 0 Å². The Morgan fingerprint density at radius 1 is 1.53 bits per heavy atom. The number of rotatable bonds is 3. The number of nitrogens with zero attached hydrogens (tertiary/aromatic N) is 3. The van der Waals surface area contributed by atoms with Gasteiger partial charge in [0.15, 0.2) is 0 Å². The van der Waals surface area contributed by atoms with Gasteiger partial charge in [0.25, 0.3) is 0 Å². The first-order chi connectivity index (χ1) is 9.15.